The third kappa shape index (κ3) is 5.55. The van der Waals surface area contributed by atoms with Gasteiger partial charge < -0.3 is 16.0 Å². The van der Waals surface area contributed by atoms with Crippen molar-refractivity contribution in [1.82, 2.24) is 15.2 Å². The van der Waals surface area contributed by atoms with Gasteiger partial charge in [0.25, 0.3) is 0 Å². The molecule has 0 atom stereocenters. The van der Waals surface area contributed by atoms with Crippen LogP contribution < -0.4 is 16.0 Å². The molecule has 0 spiro atoms. The molecule has 0 saturated heterocycles. The van der Waals surface area contributed by atoms with Gasteiger partial charge in [-0.25, -0.2) is 4.98 Å². The van der Waals surface area contributed by atoms with Gasteiger partial charge >= 0.3 is 0 Å². The fraction of sp³-hybridized carbons (Fsp3) is 0. The van der Waals surface area contributed by atoms with Crippen molar-refractivity contribution in [2.45, 2.75) is 0 Å². The second-order valence-electron chi connectivity index (χ2n) is 6.40. The lowest BCUT2D eigenvalue weighted by Gasteiger charge is -2.15. The van der Waals surface area contributed by atoms with E-state index in [0.29, 0.717) is 21.8 Å². The Morgan fingerprint density at radius 3 is 2.32 bits per heavy atom. The number of nitrogens with zero attached hydrogens (tertiary/aromatic N) is 3. The number of hydrogen-bond donors (Lipinski definition) is 3. The highest BCUT2D eigenvalue weighted by Crippen LogP contribution is 2.30. The fourth-order valence-corrected chi connectivity index (χ4v) is 3.72. The Labute approximate surface area is 198 Å². The van der Waals surface area contributed by atoms with Crippen molar-refractivity contribution in [3.05, 3.63) is 88.5 Å². The van der Waals surface area contributed by atoms with Gasteiger partial charge in [-0.2, -0.15) is 0 Å². The number of pyridine rings is 1. The number of aromatic nitrogens is 3. The quantitative estimate of drug-likeness (QED) is 0.264. The summed E-state index contributed by atoms with van der Waals surface area (Å²) in [5.74, 6) is 1.18. The van der Waals surface area contributed by atoms with Crippen molar-refractivity contribution in [3.63, 3.8) is 0 Å². The summed E-state index contributed by atoms with van der Waals surface area (Å²) in [6.07, 6.45) is 1.58. The molecular weight excluding hydrogens is 496 g/mol. The Bertz CT molecular complexity index is 1200. The Hall–Kier alpha value is -3.07. The summed E-state index contributed by atoms with van der Waals surface area (Å²) in [7, 11) is 0. The van der Waals surface area contributed by atoms with Crippen molar-refractivity contribution in [2.75, 3.05) is 16.0 Å². The maximum absolute atomic E-state index is 5.97. The Kier molecular flexibility index (Phi) is 6.71. The average Bonchev–Trinajstić information content (AvgIpc) is 2.78. The molecule has 0 radical (unpaired) electrons. The van der Waals surface area contributed by atoms with E-state index in [-0.39, 0.29) is 0 Å². The monoisotopic (exact) mass is 510 g/mol. The minimum Gasteiger partial charge on any atom is -0.338 e. The summed E-state index contributed by atoms with van der Waals surface area (Å²) in [6.45, 7) is 0. The Morgan fingerprint density at radius 2 is 1.61 bits per heavy atom. The first-order chi connectivity index (χ1) is 15.1. The molecule has 0 aliphatic heterocycles. The van der Waals surface area contributed by atoms with E-state index < -0.39 is 0 Å². The number of anilines is 4. The summed E-state index contributed by atoms with van der Waals surface area (Å²) in [5, 5.41) is 18.9. The van der Waals surface area contributed by atoms with E-state index in [1.807, 2.05) is 66.7 Å². The van der Waals surface area contributed by atoms with Crippen LogP contribution in [-0.2, 0) is 0 Å². The van der Waals surface area contributed by atoms with Crippen LogP contribution in [0.4, 0.5) is 23.0 Å². The first-order valence-electron chi connectivity index (χ1n) is 9.23. The van der Waals surface area contributed by atoms with Gasteiger partial charge in [0.1, 0.15) is 5.82 Å². The van der Waals surface area contributed by atoms with E-state index in [1.165, 1.54) is 0 Å². The molecule has 4 rings (SSSR count). The van der Waals surface area contributed by atoms with Crippen LogP contribution in [-0.4, -0.2) is 20.3 Å². The van der Waals surface area contributed by atoms with Crippen LogP contribution in [0, 0.1) is 0 Å². The number of thiocarbonyl (C=S) groups is 1. The summed E-state index contributed by atoms with van der Waals surface area (Å²) in [5.41, 5.74) is 3.37. The minimum absolute atomic E-state index is 0.388. The van der Waals surface area contributed by atoms with Gasteiger partial charge in [-0.3, -0.25) is 0 Å². The molecule has 9 heteroatoms. The molecule has 2 aromatic carbocycles. The Balaban J connectivity index is 1.44. The van der Waals surface area contributed by atoms with Crippen LogP contribution in [0.1, 0.15) is 0 Å². The normalized spacial score (nSPS) is 10.4. The van der Waals surface area contributed by atoms with Gasteiger partial charge in [0.15, 0.2) is 10.9 Å². The molecule has 0 aliphatic carbocycles. The van der Waals surface area contributed by atoms with Gasteiger partial charge in [0, 0.05) is 11.8 Å². The molecule has 0 unspecified atom stereocenters. The number of hydrogen-bond acceptors (Lipinski definition) is 5. The highest BCUT2D eigenvalue weighted by molar-refractivity contribution is 9.10. The smallest absolute Gasteiger partial charge is 0.176 e. The fourth-order valence-electron chi connectivity index (χ4n) is 2.77. The van der Waals surface area contributed by atoms with Gasteiger partial charge in [0.2, 0.25) is 0 Å². The molecule has 154 valence electrons. The third-order valence-corrected chi connectivity index (χ3v) is 5.23. The largest absolute Gasteiger partial charge is 0.338 e. The lowest BCUT2D eigenvalue weighted by Crippen LogP contribution is -2.20. The van der Waals surface area contributed by atoms with Crippen LogP contribution in [0.15, 0.2) is 83.5 Å². The molecule has 3 N–H and O–H groups in total. The second-order valence-corrected chi connectivity index (χ2v) is 8.10. The van der Waals surface area contributed by atoms with Gasteiger partial charge in [-0.1, -0.05) is 54.1 Å². The van der Waals surface area contributed by atoms with E-state index >= 15 is 0 Å². The molecule has 0 amide bonds. The van der Waals surface area contributed by atoms with Crippen LogP contribution >= 0.6 is 39.7 Å². The molecular formula is C22H16BrClN6S. The number of benzene rings is 2. The zero-order valence-corrected chi connectivity index (χ0v) is 19.2. The van der Waals surface area contributed by atoms with Crippen LogP contribution in [0.3, 0.4) is 0 Å². The Morgan fingerprint density at radius 1 is 0.871 bits per heavy atom. The first kappa shape index (κ1) is 21.2. The maximum atomic E-state index is 5.97. The second kappa shape index (κ2) is 9.82. The first-order valence-corrected chi connectivity index (χ1v) is 10.8. The van der Waals surface area contributed by atoms with Gasteiger partial charge in [0.05, 0.1) is 26.6 Å². The zero-order chi connectivity index (χ0) is 21.6. The van der Waals surface area contributed by atoms with E-state index in [4.69, 9.17) is 23.8 Å². The summed E-state index contributed by atoms with van der Waals surface area (Å²) < 4.78 is 0.754. The molecule has 2 heterocycles. The van der Waals surface area contributed by atoms with E-state index in [1.54, 1.807) is 12.3 Å². The highest BCUT2D eigenvalue weighted by atomic mass is 79.9. The number of halogens is 2. The number of para-hydroxylation sites is 2. The SMILES string of the molecule is S=C(Nc1ccc(-c2ccccc2)nn1)Nc1ccccc1Nc1ncc(Cl)cc1Br. The summed E-state index contributed by atoms with van der Waals surface area (Å²) in [6, 6.07) is 23.0. The molecule has 31 heavy (non-hydrogen) atoms. The lowest BCUT2D eigenvalue weighted by atomic mass is 10.1. The van der Waals surface area contributed by atoms with Crippen LogP contribution in [0.25, 0.3) is 11.3 Å². The predicted octanol–water partition coefficient (Wildman–Crippen LogP) is 6.51. The summed E-state index contributed by atoms with van der Waals surface area (Å²) >= 11 is 14.9. The van der Waals surface area contributed by atoms with Crippen molar-refractivity contribution in [1.29, 1.82) is 0 Å². The van der Waals surface area contributed by atoms with Gasteiger partial charge in [-0.05, 0) is 58.5 Å². The predicted molar refractivity (Wildman–Crippen MR) is 134 cm³/mol. The molecule has 4 aromatic rings. The molecule has 2 aromatic heterocycles. The highest BCUT2D eigenvalue weighted by Gasteiger charge is 2.09. The average molecular weight is 512 g/mol. The molecule has 0 aliphatic rings. The third-order valence-electron chi connectivity index (χ3n) is 4.21. The molecule has 6 nitrogen and oxygen atoms in total. The van der Waals surface area contributed by atoms with Crippen LogP contribution in [0.5, 0.6) is 0 Å². The van der Waals surface area contributed by atoms with Crippen molar-refractivity contribution >= 4 is 67.9 Å². The van der Waals surface area contributed by atoms with Gasteiger partial charge in [-0.15, -0.1) is 10.2 Å². The van der Waals surface area contributed by atoms with E-state index in [2.05, 4.69) is 47.1 Å². The summed E-state index contributed by atoms with van der Waals surface area (Å²) in [4.78, 5) is 4.31. The maximum Gasteiger partial charge on any atom is 0.176 e. The van der Waals surface area contributed by atoms with E-state index in [0.717, 1.165) is 27.1 Å². The molecule has 0 fully saturated rings. The standard InChI is InChI=1S/C22H16BrClN6S/c23-16-12-15(24)13-25-21(16)26-18-8-4-5-9-19(18)27-22(31)28-20-11-10-17(29-30-20)14-6-2-1-3-7-14/h1-13H,(H,25,26)(H2,27,28,30,31). The number of rotatable bonds is 5. The zero-order valence-electron chi connectivity index (χ0n) is 16.0. The van der Waals surface area contributed by atoms with Crippen molar-refractivity contribution in [3.8, 4) is 11.3 Å². The minimum atomic E-state index is 0.388. The lowest BCUT2D eigenvalue weighted by molar-refractivity contribution is 1.05. The topological polar surface area (TPSA) is 74.8 Å². The van der Waals surface area contributed by atoms with Crippen molar-refractivity contribution in [2.24, 2.45) is 0 Å². The van der Waals surface area contributed by atoms with Crippen molar-refractivity contribution < 1.29 is 0 Å². The van der Waals surface area contributed by atoms with Crippen LogP contribution in [0.2, 0.25) is 5.02 Å². The number of nitrogens with one attached hydrogen (secondary N) is 3. The van der Waals surface area contributed by atoms with E-state index in [9.17, 15) is 0 Å². The molecule has 0 saturated carbocycles. The molecule has 0 bridgehead atoms.